The molecule has 1 aromatic rings. The molecular weight excluding hydrogens is 287 g/mol. The second-order valence-electron chi connectivity index (χ2n) is 3.25. The second-order valence-corrected chi connectivity index (χ2v) is 4.04. The molecule has 0 fully saturated rings. The summed E-state index contributed by atoms with van der Waals surface area (Å²) in [6, 6.07) is 4.48. The van der Waals surface area contributed by atoms with Gasteiger partial charge in [0, 0.05) is 13.1 Å². The van der Waals surface area contributed by atoms with Gasteiger partial charge in [-0.2, -0.15) is 0 Å². The Hall–Kier alpha value is -0.590. The van der Waals surface area contributed by atoms with Crippen LogP contribution in [0.15, 0.2) is 22.7 Å². The summed E-state index contributed by atoms with van der Waals surface area (Å²) in [4.78, 5) is 0. The Morgan fingerprint density at radius 3 is 2.69 bits per heavy atom. The number of hydrogen-bond acceptors (Lipinski definition) is 2. The molecule has 0 amide bonds. The van der Waals surface area contributed by atoms with Crippen molar-refractivity contribution in [2.75, 3.05) is 6.54 Å². The van der Waals surface area contributed by atoms with Crippen molar-refractivity contribution in [1.29, 1.82) is 0 Å². The summed E-state index contributed by atoms with van der Waals surface area (Å²) in [5, 5.41) is 11.5. The number of halogens is 4. The average molecular weight is 298 g/mol. The number of aliphatic hydroxyl groups excluding tert-OH is 1. The first-order valence-corrected chi connectivity index (χ1v) is 5.41. The Labute approximate surface area is 99.6 Å². The lowest BCUT2D eigenvalue weighted by molar-refractivity contribution is -0.00341. The van der Waals surface area contributed by atoms with Crippen LogP contribution < -0.4 is 5.32 Å². The fourth-order valence-electron chi connectivity index (χ4n) is 1.13. The molecule has 0 spiro atoms. The Bertz CT molecular complexity index is 349. The van der Waals surface area contributed by atoms with Gasteiger partial charge in [0.25, 0.3) is 6.43 Å². The molecule has 0 radical (unpaired) electrons. The van der Waals surface area contributed by atoms with Gasteiger partial charge in [-0.05, 0) is 27.6 Å². The van der Waals surface area contributed by atoms with E-state index in [1.165, 1.54) is 12.1 Å². The van der Waals surface area contributed by atoms with Crippen molar-refractivity contribution in [1.82, 2.24) is 5.32 Å². The highest BCUT2D eigenvalue weighted by molar-refractivity contribution is 9.10. The summed E-state index contributed by atoms with van der Waals surface area (Å²) < 4.78 is 37.2. The Morgan fingerprint density at radius 2 is 2.06 bits per heavy atom. The Morgan fingerprint density at radius 1 is 1.38 bits per heavy atom. The molecule has 2 N–H and O–H groups in total. The predicted molar refractivity (Wildman–Crippen MR) is 57.8 cm³/mol. The van der Waals surface area contributed by atoms with Gasteiger partial charge in [0.15, 0.2) is 0 Å². The molecule has 16 heavy (non-hydrogen) atoms. The number of rotatable bonds is 5. The van der Waals surface area contributed by atoms with Gasteiger partial charge >= 0.3 is 0 Å². The number of alkyl halides is 2. The third-order valence-electron chi connectivity index (χ3n) is 1.99. The highest BCUT2D eigenvalue weighted by atomic mass is 79.9. The van der Waals surface area contributed by atoms with Gasteiger partial charge in [-0.25, -0.2) is 13.2 Å². The maximum absolute atomic E-state index is 13.0. The van der Waals surface area contributed by atoms with Crippen LogP contribution in [0.25, 0.3) is 0 Å². The largest absolute Gasteiger partial charge is 0.386 e. The van der Waals surface area contributed by atoms with Gasteiger partial charge < -0.3 is 10.4 Å². The smallest absolute Gasteiger partial charge is 0.265 e. The van der Waals surface area contributed by atoms with Gasteiger partial charge in [0.1, 0.15) is 11.9 Å². The van der Waals surface area contributed by atoms with Crippen LogP contribution in [0.2, 0.25) is 0 Å². The van der Waals surface area contributed by atoms with Crippen LogP contribution in [0.4, 0.5) is 13.2 Å². The zero-order valence-electron chi connectivity index (χ0n) is 8.26. The summed E-state index contributed by atoms with van der Waals surface area (Å²) >= 11 is 3.05. The van der Waals surface area contributed by atoms with Crippen molar-refractivity contribution in [3.05, 3.63) is 34.1 Å². The van der Waals surface area contributed by atoms with Crippen molar-refractivity contribution in [3.63, 3.8) is 0 Å². The van der Waals surface area contributed by atoms with Crippen LogP contribution in [0.5, 0.6) is 0 Å². The molecule has 0 heterocycles. The van der Waals surface area contributed by atoms with E-state index in [1.807, 2.05) is 0 Å². The van der Waals surface area contributed by atoms with Crippen molar-refractivity contribution in [3.8, 4) is 0 Å². The molecule has 0 aliphatic carbocycles. The van der Waals surface area contributed by atoms with Crippen molar-refractivity contribution in [2.24, 2.45) is 0 Å². The molecule has 0 saturated heterocycles. The minimum absolute atomic E-state index is 0.210. The molecule has 0 bridgehead atoms. The van der Waals surface area contributed by atoms with Gasteiger partial charge in [-0.15, -0.1) is 0 Å². The fraction of sp³-hybridized carbons (Fsp3) is 0.400. The Balaban J connectivity index is 2.46. The van der Waals surface area contributed by atoms with Crippen LogP contribution in [-0.4, -0.2) is 24.2 Å². The van der Waals surface area contributed by atoms with E-state index < -0.39 is 18.3 Å². The van der Waals surface area contributed by atoms with Gasteiger partial charge in [0.05, 0.1) is 4.47 Å². The number of nitrogens with one attached hydrogen (secondary N) is 1. The minimum Gasteiger partial charge on any atom is -0.386 e. The lowest BCUT2D eigenvalue weighted by Crippen LogP contribution is -2.31. The van der Waals surface area contributed by atoms with E-state index in [2.05, 4.69) is 21.2 Å². The number of aliphatic hydroxyl groups is 1. The maximum Gasteiger partial charge on any atom is 0.265 e. The van der Waals surface area contributed by atoms with E-state index >= 15 is 0 Å². The standard InChI is InChI=1S/C10H11BrF3NO/c11-9-6(2-1-3-7(9)12)4-15-5-8(16)10(13)14/h1-3,8,10,15-16H,4-5H2. The third kappa shape index (κ3) is 3.77. The molecule has 1 aromatic carbocycles. The minimum atomic E-state index is -2.77. The highest BCUT2D eigenvalue weighted by Gasteiger charge is 2.16. The summed E-state index contributed by atoms with van der Waals surface area (Å²) in [5.41, 5.74) is 0.612. The number of benzene rings is 1. The van der Waals surface area contributed by atoms with E-state index in [0.717, 1.165) is 0 Å². The third-order valence-corrected chi connectivity index (χ3v) is 2.88. The molecule has 6 heteroatoms. The van der Waals surface area contributed by atoms with Crippen LogP contribution in [0.3, 0.4) is 0 Å². The first-order valence-electron chi connectivity index (χ1n) is 4.62. The van der Waals surface area contributed by atoms with E-state index in [1.54, 1.807) is 6.07 Å². The topological polar surface area (TPSA) is 32.3 Å². The van der Waals surface area contributed by atoms with Crippen LogP contribution in [0.1, 0.15) is 5.56 Å². The highest BCUT2D eigenvalue weighted by Crippen LogP contribution is 2.20. The molecular formula is C10H11BrF3NO. The van der Waals surface area contributed by atoms with E-state index in [0.29, 0.717) is 10.0 Å². The molecule has 2 nitrogen and oxygen atoms in total. The van der Waals surface area contributed by atoms with Gasteiger partial charge in [-0.3, -0.25) is 0 Å². The first-order chi connectivity index (χ1) is 7.52. The summed E-state index contributed by atoms with van der Waals surface area (Å²) in [6.07, 6.45) is -4.48. The van der Waals surface area contributed by atoms with Crippen LogP contribution in [0, 0.1) is 5.82 Å². The predicted octanol–water partition coefficient (Wildman–Crippen LogP) is 2.30. The molecule has 1 unspecified atom stereocenters. The summed E-state index contributed by atoms with van der Waals surface area (Å²) in [5.74, 6) is -0.409. The lowest BCUT2D eigenvalue weighted by Gasteiger charge is -2.11. The maximum atomic E-state index is 13.0. The van der Waals surface area contributed by atoms with Gasteiger partial charge in [0.2, 0.25) is 0 Å². The lowest BCUT2D eigenvalue weighted by atomic mass is 10.2. The number of hydrogen-bond donors (Lipinski definition) is 2. The van der Waals surface area contributed by atoms with Gasteiger partial charge in [-0.1, -0.05) is 12.1 Å². The molecule has 0 saturated carbocycles. The van der Waals surface area contributed by atoms with Crippen LogP contribution >= 0.6 is 15.9 Å². The molecule has 1 atom stereocenters. The van der Waals surface area contributed by atoms with Crippen LogP contribution in [-0.2, 0) is 6.54 Å². The van der Waals surface area contributed by atoms with E-state index in [4.69, 9.17) is 5.11 Å². The summed E-state index contributed by atoms with van der Waals surface area (Å²) in [7, 11) is 0. The van der Waals surface area contributed by atoms with E-state index in [-0.39, 0.29) is 13.1 Å². The van der Waals surface area contributed by atoms with E-state index in [9.17, 15) is 13.2 Å². The zero-order chi connectivity index (χ0) is 12.1. The second kappa shape index (κ2) is 6.22. The van der Waals surface area contributed by atoms with Crippen molar-refractivity contribution >= 4 is 15.9 Å². The molecule has 90 valence electrons. The van der Waals surface area contributed by atoms with Crippen molar-refractivity contribution in [2.45, 2.75) is 19.1 Å². The monoisotopic (exact) mass is 297 g/mol. The SMILES string of the molecule is OC(CNCc1cccc(F)c1Br)C(F)F. The first kappa shape index (κ1) is 13.5. The van der Waals surface area contributed by atoms with Crippen molar-refractivity contribution < 1.29 is 18.3 Å². The Kier molecular flexibility index (Phi) is 5.24. The molecule has 0 aromatic heterocycles. The quantitative estimate of drug-likeness (QED) is 0.874. The zero-order valence-corrected chi connectivity index (χ0v) is 9.85. The summed E-state index contributed by atoms with van der Waals surface area (Å²) in [6.45, 7) is -0.0251. The molecule has 0 aliphatic heterocycles. The fourth-order valence-corrected chi connectivity index (χ4v) is 1.53. The molecule has 0 aliphatic rings. The normalized spacial score (nSPS) is 13.1. The molecule has 1 rings (SSSR count). The average Bonchev–Trinajstić information content (AvgIpc) is 2.24.